The maximum Gasteiger partial charge on any atom is 0.324 e. The molecule has 0 bridgehead atoms. The largest absolute Gasteiger partial charge is 0.507 e. The number of thioether (sulfide) groups is 2. The summed E-state index contributed by atoms with van der Waals surface area (Å²) in [5, 5.41) is 19.7. The van der Waals surface area contributed by atoms with Crippen LogP contribution in [0.2, 0.25) is 0 Å². The van der Waals surface area contributed by atoms with E-state index in [1.165, 1.54) is 30.0 Å². The van der Waals surface area contributed by atoms with Gasteiger partial charge in [-0.2, -0.15) is 0 Å². The monoisotopic (exact) mass is 356 g/mol. The minimum Gasteiger partial charge on any atom is -0.507 e. The van der Waals surface area contributed by atoms with Crippen LogP contribution in [0.4, 0.5) is 4.39 Å². The van der Waals surface area contributed by atoms with Crippen molar-refractivity contribution in [1.82, 2.24) is 4.90 Å². The number of benzene rings is 1. The second kappa shape index (κ2) is 5.99. The van der Waals surface area contributed by atoms with Crippen molar-refractivity contribution < 1.29 is 19.4 Å². The molecule has 3 atom stereocenters. The molecule has 0 spiro atoms. The number of halogens is 1. The zero-order chi connectivity index (χ0) is 16.8. The van der Waals surface area contributed by atoms with E-state index < -0.39 is 17.3 Å². The van der Waals surface area contributed by atoms with Gasteiger partial charge in [0, 0.05) is 11.5 Å². The lowest BCUT2D eigenvalue weighted by Crippen LogP contribution is -2.52. The molecular formula is C15H17FN2O3S2. The van der Waals surface area contributed by atoms with Gasteiger partial charge in [0.25, 0.3) is 0 Å². The fraction of sp³-hybridized carbons (Fsp3) is 0.467. The molecular weight excluding hydrogens is 339 g/mol. The van der Waals surface area contributed by atoms with Crippen LogP contribution in [0.5, 0.6) is 5.75 Å². The number of aliphatic imine (C=N–C) groups is 1. The lowest BCUT2D eigenvalue weighted by Gasteiger charge is -2.31. The van der Waals surface area contributed by atoms with Crippen molar-refractivity contribution in [3.8, 4) is 5.75 Å². The van der Waals surface area contributed by atoms with Crippen molar-refractivity contribution in [2.45, 2.75) is 23.9 Å². The van der Waals surface area contributed by atoms with E-state index in [0.29, 0.717) is 16.5 Å². The predicted octanol–water partition coefficient (Wildman–Crippen LogP) is 2.24. The number of hydrogen-bond acceptors (Lipinski definition) is 6. The van der Waals surface area contributed by atoms with E-state index in [-0.39, 0.29) is 22.7 Å². The molecule has 5 nitrogen and oxygen atoms in total. The molecule has 1 aromatic rings. The van der Waals surface area contributed by atoms with Gasteiger partial charge in [-0.15, -0.1) is 23.5 Å². The Morgan fingerprint density at radius 2 is 2.26 bits per heavy atom. The summed E-state index contributed by atoms with van der Waals surface area (Å²) in [5.74, 6) is -0.350. The highest BCUT2D eigenvalue weighted by molar-refractivity contribution is 8.14. The molecule has 3 rings (SSSR count). The van der Waals surface area contributed by atoms with Crippen LogP contribution in [0.3, 0.4) is 0 Å². The fourth-order valence-electron chi connectivity index (χ4n) is 2.72. The third kappa shape index (κ3) is 2.72. The number of likely N-dealkylation sites (N-methyl/N-ethyl adjacent to an activating group) is 1. The van der Waals surface area contributed by atoms with Crippen LogP contribution in [0.25, 0.3) is 0 Å². The van der Waals surface area contributed by atoms with Gasteiger partial charge in [0.15, 0.2) is 0 Å². The summed E-state index contributed by atoms with van der Waals surface area (Å²) in [6.45, 7) is 1.71. The summed E-state index contributed by atoms with van der Waals surface area (Å²) in [6.07, 6.45) is 0. The Morgan fingerprint density at radius 3 is 2.87 bits per heavy atom. The summed E-state index contributed by atoms with van der Waals surface area (Å²) in [6, 6.07) is 4.05. The Kier molecular flexibility index (Phi) is 4.33. The summed E-state index contributed by atoms with van der Waals surface area (Å²) in [5.41, 5.74) is -0.787. The van der Waals surface area contributed by atoms with Gasteiger partial charge in [0.05, 0.1) is 17.0 Å². The van der Waals surface area contributed by atoms with Crippen LogP contribution < -0.4 is 0 Å². The molecule has 1 saturated heterocycles. The fourth-order valence-corrected chi connectivity index (χ4v) is 5.64. The first-order valence-corrected chi connectivity index (χ1v) is 9.14. The first-order chi connectivity index (χ1) is 10.8. The van der Waals surface area contributed by atoms with Crippen LogP contribution in [-0.4, -0.2) is 61.6 Å². The number of aliphatic carboxylic acids is 1. The highest BCUT2D eigenvalue weighted by Gasteiger charge is 2.50. The highest BCUT2D eigenvalue weighted by Crippen LogP contribution is 2.41. The molecule has 1 fully saturated rings. The lowest BCUT2D eigenvalue weighted by molar-refractivity contribution is -0.147. The topological polar surface area (TPSA) is 73.1 Å². The van der Waals surface area contributed by atoms with Gasteiger partial charge in [-0.3, -0.25) is 14.7 Å². The molecule has 1 aromatic carbocycles. The molecule has 8 heteroatoms. The third-order valence-electron chi connectivity index (χ3n) is 4.36. The molecule has 0 aliphatic carbocycles. The number of nitrogens with zero attached hydrogens (tertiary/aromatic N) is 2. The van der Waals surface area contributed by atoms with Crippen molar-refractivity contribution in [1.29, 1.82) is 0 Å². The number of carbonyl (C=O) groups is 1. The lowest BCUT2D eigenvalue weighted by atomic mass is 10.0. The Hall–Kier alpha value is -1.25. The summed E-state index contributed by atoms with van der Waals surface area (Å²) >= 11 is 2.95. The summed E-state index contributed by atoms with van der Waals surface area (Å²) in [7, 11) is 1.79. The molecule has 0 saturated carbocycles. The Bertz CT molecular complexity index is 664. The maximum atomic E-state index is 14.0. The van der Waals surface area contributed by atoms with Crippen LogP contribution in [0.1, 0.15) is 12.5 Å². The Balaban J connectivity index is 1.85. The average Bonchev–Trinajstić information content (AvgIpc) is 3.06. The first-order valence-electron chi connectivity index (χ1n) is 7.11. The van der Waals surface area contributed by atoms with E-state index >= 15 is 0 Å². The van der Waals surface area contributed by atoms with E-state index in [1.807, 2.05) is 4.90 Å². The molecule has 0 radical (unpaired) electrons. The number of rotatable bonds is 3. The van der Waals surface area contributed by atoms with E-state index in [9.17, 15) is 19.4 Å². The first kappa shape index (κ1) is 16.6. The third-order valence-corrected chi connectivity index (χ3v) is 7.16. The molecule has 23 heavy (non-hydrogen) atoms. The van der Waals surface area contributed by atoms with Crippen molar-refractivity contribution in [3.05, 3.63) is 29.6 Å². The molecule has 124 valence electrons. The number of carboxylic acids is 1. The summed E-state index contributed by atoms with van der Waals surface area (Å²) in [4.78, 5) is 17.9. The van der Waals surface area contributed by atoms with Crippen LogP contribution >= 0.6 is 23.5 Å². The zero-order valence-electron chi connectivity index (χ0n) is 12.7. The van der Waals surface area contributed by atoms with E-state index in [4.69, 9.17) is 0 Å². The minimum absolute atomic E-state index is 0.0741. The van der Waals surface area contributed by atoms with Crippen molar-refractivity contribution in [2.75, 3.05) is 18.6 Å². The second-order valence-electron chi connectivity index (χ2n) is 5.84. The van der Waals surface area contributed by atoms with Gasteiger partial charge in [0.1, 0.15) is 22.1 Å². The van der Waals surface area contributed by atoms with Gasteiger partial charge >= 0.3 is 5.97 Å². The number of phenols is 1. The Morgan fingerprint density at radius 1 is 1.52 bits per heavy atom. The zero-order valence-corrected chi connectivity index (χ0v) is 14.3. The molecule has 0 aromatic heterocycles. The van der Waals surface area contributed by atoms with Crippen molar-refractivity contribution in [3.63, 3.8) is 0 Å². The van der Waals surface area contributed by atoms with Crippen molar-refractivity contribution >= 4 is 34.5 Å². The average molecular weight is 356 g/mol. The molecule has 2 aliphatic rings. The quantitative estimate of drug-likeness (QED) is 0.865. The predicted molar refractivity (Wildman–Crippen MR) is 90.9 cm³/mol. The molecule has 0 amide bonds. The molecule has 2 N–H and O–H groups in total. The summed E-state index contributed by atoms with van der Waals surface area (Å²) < 4.78 is 14.0. The van der Waals surface area contributed by atoms with E-state index in [0.717, 1.165) is 0 Å². The highest BCUT2D eigenvalue weighted by atomic mass is 32.2. The van der Waals surface area contributed by atoms with Gasteiger partial charge < -0.3 is 10.2 Å². The standard InChI is InChI=1S/C15H17FN2O3S2/c1-15(14(20)21)7-23-13(18(15)2)9-6-22-12(17-9)11-8(16)4-3-5-10(11)19/h3-5,9,13,19H,6-7H2,1-2H3,(H,20,21)/t9-,13-,15-/m1/s1. The SMILES string of the molecule is CN1[C@@H]([C@H]2CSC(c3c(O)cccc3F)=N2)SC[C@]1(C)C(=O)O. The number of phenolic OH excluding ortho intramolecular Hbond substituents is 1. The van der Waals surface area contributed by atoms with Crippen LogP contribution in [0, 0.1) is 5.82 Å². The van der Waals surface area contributed by atoms with E-state index in [1.54, 1.807) is 25.7 Å². The Labute approximate surface area is 142 Å². The normalized spacial score (nSPS) is 31.3. The number of hydrogen-bond donors (Lipinski definition) is 2. The molecule has 2 aliphatic heterocycles. The number of carboxylic acid groups (broad SMARTS) is 1. The second-order valence-corrected chi connectivity index (χ2v) is 7.95. The smallest absolute Gasteiger partial charge is 0.324 e. The van der Waals surface area contributed by atoms with E-state index in [2.05, 4.69) is 4.99 Å². The van der Waals surface area contributed by atoms with Gasteiger partial charge in [-0.05, 0) is 26.1 Å². The molecule has 0 unspecified atom stereocenters. The van der Waals surface area contributed by atoms with Gasteiger partial charge in [-0.25, -0.2) is 4.39 Å². The van der Waals surface area contributed by atoms with Crippen LogP contribution in [-0.2, 0) is 4.79 Å². The van der Waals surface area contributed by atoms with Gasteiger partial charge in [0.2, 0.25) is 0 Å². The number of aromatic hydroxyl groups is 1. The van der Waals surface area contributed by atoms with Gasteiger partial charge in [-0.1, -0.05) is 6.07 Å². The van der Waals surface area contributed by atoms with Crippen LogP contribution in [0.15, 0.2) is 23.2 Å². The molecule has 2 heterocycles. The minimum atomic E-state index is -0.918. The van der Waals surface area contributed by atoms with Crippen molar-refractivity contribution in [2.24, 2.45) is 4.99 Å². The maximum absolute atomic E-state index is 14.0.